The van der Waals surface area contributed by atoms with E-state index >= 15 is 0 Å². The fourth-order valence-electron chi connectivity index (χ4n) is 2.03. The maximum Gasteiger partial charge on any atom is 0.274 e. The maximum absolute atomic E-state index is 12.2. The molecule has 3 rings (SSSR count). The van der Waals surface area contributed by atoms with Gasteiger partial charge in [0.15, 0.2) is 0 Å². The monoisotopic (exact) mass is 290 g/mol. The number of pyridine rings is 2. The summed E-state index contributed by atoms with van der Waals surface area (Å²) >= 11 is 0. The molecule has 5 nitrogen and oxygen atoms in total. The fourth-order valence-corrected chi connectivity index (χ4v) is 2.03. The van der Waals surface area contributed by atoms with E-state index in [-0.39, 0.29) is 5.91 Å². The summed E-state index contributed by atoms with van der Waals surface area (Å²) in [4.78, 5) is 20.4. The molecule has 0 unspecified atom stereocenters. The summed E-state index contributed by atoms with van der Waals surface area (Å²) < 4.78 is 0. The van der Waals surface area contributed by atoms with Gasteiger partial charge in [-0.3, -0.25) is 14.8 Å². The molecule has 2 aromatic heterocycles. The summed E-state index contributed by atoms with van der Waals surface area (Å²) in [5.41, 5.74) is 9.09. The third-order valence-electron chi connectivity index (χ3n) is 3.20. The highest BCUT2D eigenvalue weighted by Gasteiger charge is 2.09. The third kappa shape index (κ3) is 2.93. The summed E-state index contributed by atoms with van der Waals surface area (Å²) in [6.45, 7) is 0. The van der Waals surface area contributed by atoms with Crippen LogP contribution in [0.1, 0.15) is 10.5 Å². The fraction of sp³-hybridized carbons (Fsp3) is 0. The lowest BCUT2D eigenvalue weighted by atomic mass is 10.1. The minimum absolute atomic E-state index is 0.296. The second-order valence-electron chi connectivity index (χ2n) is 4.72. The summed E-state index contributed by atoms with van der Waals surface area (Å²) in [5, 5.41) is 2.75. The minimum Gasteiger partial charge on any atom is -0.397 e. The van der Waals surface area contributed by atoms with Crippen molar-refractivity contribution in [3.8, 4) is 11.1 Å². The molecule has 0 fully saturated rings. The van der Waals surface area contributed by atoms with Crippen LogP contribution in [0.15, 0.2) is 67.1 Å². The zero-order valence-electron chi connectivity index (χ0n) is 11.7. The highest BCUT2D eigenvalue weighted by atomic mass is 16.1. The Morgan fingerprint density at radius 1 is 0.955 bits per heavy atom. The molecular weight excluding hydrogens is 276 g/mol. The molecule has 0 aliphatic rings. The SMILES string of the molecule is Nc1ccccc1NC(=O)c1ccc(-c2cccnc2)cn1. The van der Waals surface area contributed by atoms with E-state index in [1.54, 1.807) is 36.8 Å². The van der Waals surface area contributed by atoms with Crippen LogP contribution < -0.4 is 11.1 Å². The molecule has 0 saturated heterocycles. The first-order chi connectivity index (χ1) is 10.7. The molecule has 0 atom stereocenters. The molecule has 0 aliphatic heterocycles. The molecule has 0 spiro atoms. The predicted octanol–water partition coefficient (Wildman–Crippen LogP) is 2.98. The number of hydrogen-bond acceptors (Lipinski definition) is 4. The number of carbonyl (C=O) groups is 1. The van der Waals surface area contributed by atoms with Gasteiger partial charge in [0.2, 0.25) is 0 Å². The summed E-state index contributed by atoms with van der Waals surface area (Å²) in [6.07, 6.45) is 5.12. The molecule has 0 aliphatic carbocycles. The van der Waals surface area contributed by atoms with E-state index in [0.717, 1.165) is 11.1 Å². The van der Waals surface area contributed by atoms with Gasteiger partial charge in [0.25, 0.3) is 5.91 Å². The van der Waals surface area contributed by atoms with Crippen molar-refractivity contribution in [1.82, 2.24) is 9.97 Å². The third-order valence-corrected chi connectivity index (χ3v) is 3.20. The molecule has 5 heteroatoms. The van der Waals surface area contributed by atoms with E-state index in [9.17, 15) is 4.79 Å². The van der Waals surface area contributed by atoms with Crippen molar-refractivity contribution in [3.05, 3.63) is 72.8 Å². The Balaban J connectivity index is 1.78. The van der Waals surface area contributed by atoms with E-state index in [1.807, 2.05) is 30.3 Å². The van der Waals surface area contributed by atoms with E-state index in [2.05, 4.69) is 15.3 Å². The van der Waals surface area contributed by atoms with Gasteiger partial charge in [-0.15, -0.1) is 0 Å². The zero-order valence-corrected chi connectivity index (χ0v) is 11.7. The molecule has 0 radical (unpaired) electrons. The number of nitrogens with two attached hydrogens (primary N) is 1. The number of carbonyl (C=O) groups excluding carboxylic acids is 1. The van der Waals surface area contributed by atoms with Crippen molar-refractivity contribution >= 4 is 17.3 Å². The molecular formula is C17H14N4O. The van der Waals surface area contributed by atoms with Crippen LogP contribution in [0.5, 0.6) is 0 Å². The Bertz CT molecular complexity index is 785. The number of amides is 1. The molecule has 3 aromatic rings. The van der Waals surface area contributed by atoms with Gasteiger partial charge < -0.3 is 11.1 Å². The van der Waals surface area contributed by atoms with Gasteiger partial charge in [0.05, 0.1) is 11.4 Å². The number of rotatable bonds is 3. The average Bonchev–Trinajstić information content (AvgIpc) is 2.58. The number of hydrogen-bond donors (Lipinski definition) is 2. The standard InChI is InChI=1S/C17H14N4O/c18-14-5-1-2-6-15(14)21-17(22)16-8-7-13(11-20-16)12-4-3-9-19-10-12/h1-11H,18H2,(H,21,22). The van der Waals surface area contributed by atoms with Crippen molar-refractivity contribution in [1.29, 1.82) is 0 Å². The zero-order chi connectivity index (χ0) is 15.4. The molecule has 22 heavy (non-hydrogen) atoms. The van der Waals surface area contributed by atoms with Crippen molar-refractivity contribution in [2.24, 2.45) is 0 Å². The van der Waals surface area contributed by atoms with Gasteiger partial charge in [-0.25, -0.2) is 0 Å². The summed E-state index contributed by atoms with van der Waals surface area (Å²) in [7, 11) is 0. The first-order valence-electron chi connectivity index (χ1n) is 6.76. The second kappa shape index (κ2) is 6.05. The summed E-state index contributed by atoms with van der Waals surface area (Å²) in [6, 6.07) is 14.4. The first kappa shape index (κ1) is 13.8. The largest absolute Gasteiger partial charge is 0.397 e. The van der Waals surface area contributed by atoms with Gasteiger partial charge in [-0.1, -0.05) is 24.3 Å². The Morgan fingerprint density at radius 3 is 2.45 bits per heavy atom. The quantitative estimate of drug-likeness (QED) is 0.727. The van der Waals surface area contributed by atoms with Crippen LogP contribution in [0.3, 0.4) is 0 Å². The second-order valence-corrected chi connectivity index (χ2v) is 4.72. The van der Waals surface area contributed by atoms with Crippen molar-refractivity contribution < 1.29 is 4.79 Å². The number of anilines is 2. The van der Waals surface area contributed by atoms with Gasteiger partial charge in [-0.2, -0.15) is 0 Å². The van der Waals surface area contributed by atoms with Crippen LogP contribution in [0.25, 0.3) is 11.1 Å². The van der Waals surface area contributed by atoms with Gasteiger partial charge >= 0.3 is 0 Å². The number of benzene rings is 1. The Kier molecular flexibility index (Phi) is 3.78. The number of nitrogens with zero attached hydrogens (tertiary/aromatic N) is 2. The van der Waals surface area contributed by atoms with E-state index in [0.29, 0.717) is 17.1 Å². The lowest BCUT2D eigenvalue weighted by molar-refractivity contribution is 0.102. The van der Waals surface area contributed by atoms with Crippen LogP contribution in [0.4, 0.5) is 11.4 Å². The summed E-state index contributed by atoms with van der Waals surface area (Å²) in [5.74, 6) is -0.296. The van der Waals surface area contributed by atoms with E-state index in [1.165, 1.54) is 0 Å². The molecule has 1 aromatic carbocycles. The Morgan fingerprint density at radius 2 is 1.77 bits per heavy atom. The highest BCUT2D eigenvalue weighted by molar-refractivity contribution is 6.04. The number of aromatic nitrogens is 2. The van der Waals surface area contributed by atoms with Crippen molar-refractivity contribution in [2.75, 3.05) is 11.1 Å². The highest BCUT2D eigenvalue weighted by Crippen LogP contribution is 2.19. The molecule has 108 valence electrons. The molecule has 2 heterocycles. The topological polar surface area (TPSA) is 80.9 Å². The van der Waals surface area contributed by atoms with Crippen LogP contribution >= 0.6 is 0 Å². The van der Waals surface area contributed by atoms with Crippen LogP contribution in [0, 0.1) is 0 Å². The van der Waals surface area contributed by atoms with Crippen LogP contribution in [-0.2, 0) is 0 Å². The molecule has 1 amide bonds. The maximum atomic E-state index is 12.2. The average molecular weight is 290 g/mol. The molecule has 3 N–H and O–H groups in total. The molecule has 0 saturated carbocycles. The first-order valence-corrected chi connectivity index (χ1v) is 6.76. The van der Waals surface area contributed by atoms with E-state index < -0.39 is 0 Å². The number of para-hydroxylation sites is 2. The molecule has 0 bridgehead atoms. The number of nitrogens with one attached hydrogen (secondary N) is 1. The number of nitrogen functional groups attached to an aromatic ring is 1. The van der Waals surface area contributed by atoms with Gasteiger partial charge in [-0.05, 0) is 24.3 Å². The Hall–Kier alpha value is -3.21. The van der Waals surface area contributed by atoms with Crippen LogP contribution in [0.2, 0.25) is 0 Å². The van der Waals surface area contributed by atoms with E-state index in [4.69, 9.17) is 5.73 Å². The predicted molar refractivity (Wildman–Crippen MR) is 86.3 cm³/mol. The minimum atomic E-state index is -0.296. The van der Waals surface area contributed by atoms with Crippen molar-refractivity contribution in [3.63, 3.8) is 0 Å². The van der Waals surface area contributed by atoms with Gasteiger partial charge in [0.1, 0.15) is 5.69 Å². The Labute approximate surface area is 127 Å². The normalized spacial score (nSPS) is 10.2. The van der Waals surface area contributed by atoms with Crippen molar-refractivity contribution in [2.45, 2.75) is 0 Å². The lowest BCUT2D eigenvalue weighted by Gasteiger charge is -2.07. The van der Waals surface area contributed by atoms with Gasteiger partial charge in [0, 0.05) is 29.7 Å². The lowest BCUT2D eigenvalue weighted by Crippen LogP contribution is -2.14. The van der Waals surface area contributed by atoms with Crippen LogP contribution in [-0.4, -0.2) is 15.9 Å². The smallest absolute Gasteiger partial charge is 0.274 e.